The van der Waals surface area contributed by atoms with Gasteiger partial charge in [0.15, 0.2) is 0 Å². The minimum Gasteiger partial charge on any atom is -0.317 e. The van der Waals surface area contributed by atoms with Crippen LogP contribution < -0.4 is 5.32 Å². The van der Waals surface area contributed by atoms with Gasteiger partial charge in [-0.15, -0.1) is 11.8 Å². The number of benzene rings is 1. The number of hydrogen-bond donors (Lipinski definition) is 1. The van der Waals surface area contributed by atoms with Gasteiger partial charge in [0.2, 0.25) is 0 Å². The minimum absolute atomic E-state index is 0.551. The lowest BCUT2D eigenvalue weighted by molar-refractivity contribution is 0.564. The predicted octanol–water partition coefficient (Wildman–Crippen LogP) is 3.82. The Morgan fingerprint density at radius 3 is 2.60 bits per heavy atom. The number of rotatable bonds is 5. The van der Waals surface area contributed by atoms with Gasteiger partial charge in [0.25, 0.3) is 0 Å². The lowest BCUT2D eigenvalue weighted by Gasteiger charge is -2.16. The van der Waals surface area contributed by atoms with E-state index in [0.717, 1.165) is 11.4 Å². The van der Waals surface area contributed by atoms with Crippen molar-refractivity contribution in [1.82, 2.24) is 5.32 Å². The van der Waals surface area contributed by atoms with Gasteiger partial charge in [-0.2, -0.15) is 0 Å². The fraction of sp³-hybridized carbons (Fsp3) is 0.500. The molecule has 2 unspecified atom stereocenters. The zero-order valence-electron chi connectivity index (χ0n) is 9.46. The van der Waals surface area contributed by atoms with Crippen molar-refractivity contribution in [2.75, 3.05) is 7.05 Å². The van der Waals surface area contributed by atoms with Crippen LogP contribution in [0.1, 0.15) is 20.3 Å². The molecule has 0 spiro atoms. The molecule has 3 heteroatoms. The van der Waals surface area contributed by atoms with Gasteiger partial charge in [-0.25, -0.2) is 0 Å². The monoisotopic (exact) mass is 243 g/mol. The highest BCUT2D eigenvalue weighted by molar-refractivity contribution is 8.00. The van der Waals surface area contributed by atoms with Crippen molar-refractivity contribution in [3.8, 4) is 0 Å². The van der Waals surface area contributed by atoms with Gasteiger partial charge in [0.1, 0.15) is 0 Å². The minimum atomic E-state index is 0.551. The lowest BCUT2D eigenvalue weighted by atomic mass is 10.2. The van der Waals surface area contributed by atoms with Crippen molar-refractivity contribution in [3.05, 3.63) is 29.3 Å². The van der Waals surface area contributed by atoms with Gasteiger partial charge in [0, 0.05) is 16.2 Å². The highest BCUT2D eigenvalue weighted by Gasteiger charge is 2.10. The summed E-state index contributed by atoms with van der Waals surface area (Å²) >= 11 is 7.94. The van der Waals surface area contributed by atoms with Crippen LogP contribution in [-0.4, -0.2) is 18.3 Å². The molecule has 1 N–H and O–H groups in total. The molecule has 0 aliphatic heterocycles. The Kier molecular flexibility index (Phi) is 5.51. The molecule has 0 aliphatic carbocycles. The molecule has 0 aliphatic rings. The molecule has 1 aromatic rings. The van der Waals surface area contributed by atoms with E-state index < -0.39 is 0 Å². The van der Waals surface area contributed by atoms with E-state index in [1.54, 1.807) is 0 Å². The molecule has 0 amide bonds. The van der Waals surface area contributed by atoms with E-state index in [9.17, 15) is 0 Å². The van der Waals surface area contributed by atoms with Crippen LogP contribution >= 0.6 is 23.4 Å². The largest absolute Gasteiger partial charge is 0.317 e. The van der Waals surface area contributed by atoms with E-state index in [4.69, 9.17) is 11.6 Å². The quantitative estimate of drug-likeness (QED) is 0.790. The maximum Gasteiger partial charge on any atom is 0.0541 e. The molecule has 0 aromatic heterocycles. The summed E-state index contributed by atoms with van der Waals surface area (Å²) in [6, 6.07) is 8.57. The number of hydrogen-bond acceptors (Lipinski definition) is 2. The van der Waals surface area contributed by atoms with Crippen LogP contribution in [0.5, 0.6) is 0 Å². The Balaban J connectivity index is 2.51. The topological polar surface area (TPSA) is 12.0 Å². The van der Waals surface area contributed by atoms with E-state index >= 15 is 0 Å². The lowest BCUT2D eigenvalue weighted by Crippen LogP contribution is -2.24. The second kappa shape index (κ2) is 6.41. The summed E-state index contributed by atoms with van der Waals surface area (Å²) in [4.78, 5) is 1.18. The molecule has 15 heavy (non-hydrogen) atoms. The summed E-state index contributed by atoms with van der Waals surface area (Å²) in [6.45, 7) is 4.44. The zero-order valence-corrected chi connectivity index (χ0v) is 11.0. The van der Waals surface area contributed by atoms with Crippen LogP contribution in [0.3, 0.4) is 0 Å². The van der Waals surface area contributed by atoms with Crippen molar-refractivity contribution < 1.29 is 0 Å². The van der Waals surface area contributed by atoms with Crippen LogP contribution in [0.2, 0.25) is 5.02 Å². The predicted molar refractivity (Wildman–Crippen MR) is 69.9 cm³/mol. The molecular weight excluding hydrogens is 226 g/mol. The Hall–Kier alpha value is -0.180. The van der Waals surface area contributed by atoms with Gasteiger partial charge >= 0.3 is 0 Å². The number of halogens is 1. The molecule has 0 bridgehead atoms. The van der Waals surface area contributed by atoms with E-state index in [-0.39, 0.29) is 0 Å². The van der Waals surface area contributed by atoms with Gasteiger partial charge < -0.3 is 5.32 Å². The van der Waals surface area contributed by atoms with Gasteiger partial charge in [-0.05, 0) is 32.5 Å². The average Bonchev–Trinajstić information content (AvgIpc) is 2.21. The summed E-state index contributed by atoms with van der Waals surface area (Å²) in [7, 11) is 2.00. The zero-order chi connectivity index (χ0) is 11.3. The van der Waals surface area contributed by atoms with Gasteiger partial charge in [0.05, 0.1) is 5.02 Å². The Labute approximate surface area is 102 Å². The first-order chi connectivity index (χ1) is 7.13. The van der Waals surface area contributed by atoms with Crippen molar-refractivity contribution in [1.29, 1.82) is 0 Å². The molecular formula is C12H18ClNS. The highest BCUT2D eigenvalue weighted by Crippen LogP contribution is 2.31. The second-order valence-electron chi connectivity index (χ2n) is 3.78. The summed E-state index contributed by atoms with van der Waals surface area (Å²) in [5.41, 5.74) is 0. The molecule has 0 radical (unpaired) electrons. The summed E-state index contributed by atoms with van der Waals surface area (Å²) in [5.74, 6) is 0. The normalized spacial score (nSPS) is 14.9. The van der Waals surface area contributed by atoms with E-state index in [1.807, 2.05) is 37.0 Å². The highest BCUT2D eigenvalue weighted by atomic mass is 35.5. The third-order valence-corrected chi connectivity index (χ3v) is 3.99. The maximum absolute atomic E-state index is 6.10. The molecule has 2 atom stereocenters. The molecule has 1 nitrogen and oxygen atoms in total. The van der Waals surface area contributed by atoms with Crippen molar-refractivity contribution in [3.63, 3.8) is 0 Å². The average molecular weight is 244 g/mol. The smallest absolute Gasteiger partial charge is 0.0541 e. The first-order valence-electron chi connectivity index (χ1n) is 5.22. The summed E-state index contributed by atoms with van der Waals surface area (Å²) in [6.07, 6.45) is 1.15. The van der Waals surface area contributed by atoms with Crippen LogP contribution in [0, 0.1) is 0 Å². The van der Waals surface area contributed by atoms with Crippen molar-refractivity contribution >= 4 is 23.4 Å². The maximum atomic E-state index is 6.10. The number of nitrogens with one attached hydrogen (secondary N) is 1. The third-order valence-electron chi connectivity index (χ3n) is 2.34. The molecule has 1 aromatic carbocycles. The molecule has 0 heterocycles. The Bertz CT molecular complexity index is 303. The van der Waals surface area contributed by atoms with Gasteiger partial charge in [-0.1, -0.05) is 30.7 Å². The Morgan fingerprint density at radius 2 is 2.00 bits per heavy atom. The standard InChI is InChI=1S/C12H18ClNS/c1-9(14-3)8-10(2)15-12-7-5-4-6-11(12)13/h4-7,9-10,14H,8H2,1-3H3. The fourth-order valence-electron chi connectivity index (χ4n) is 1.42. The number of thioether (sulfide) groups is 1. The molecule has 0 saturated carbocycles. The molecule has 84 valence electrons. The first kappa shape index (κ1) is 12.9. The van der Waals surface area contributed by atoms with Crippen molar-refractivity contribution in [2.24, 2.45) is 0 Å². The third kappa shape index (κ3) is 4.45. The fourth-order valence-corrected chi connectivity index (χ4v) is 2.85. The molecule has 1 rings (SSSR count). The van der Waals surface area contributed by atoms with Crippen LogP contribution in [-0.2, 0) is 0 Å². The summed E-state index contributed by atoms with van der Waals surface area (Å²) in [5, 5.41) is 4.68. The Morgan fingerprint density at radius 1 is 1.33 bits per heavy atom. The van der Waals surface area contributed by atoms with E-state index in [0.29, 0.717) is 11.3 Å². The second-order valence-corrected chi connectivity index (χ2v) is 5.67. The molecule has 0 saturated heterocycles. The van der Waals surface area contributed by atoms with Crippen LogP contribution in [0.25, 0.3) is 0 Å². The van der Waals surface area contributed by atoms with E-state index in [2.05, 4.69) is 25.2 Å². The first-order valence-corrected chi connectivity index (χ1v) is 6.47. The van der Waals surface area contributed by atoms with Crippen molar-refractivity contribution in [2.45, 2.75) is 36.5 Å². The molecule has 0 fully saturated rings. The van der Waals surface area contributed by atoms with Crippen LogP contribution in [0.15, 0.2) is 29.2 Å². The van der Waals surface area contributed by atoms with E-state index in [1.165, 1.54) is 4.90 Å². The van der Waals surface area contributed by atoms with Gasteiger partial charge in [-0.3, -0.25) is 0 Å². The SMILES string of the molecule is CNC(C)CC(C)Sc1ccccc1Cl. The van der Waals surface area contributed by atoms with Crippen LogP contribution in [0.4, 0.5) is 0 Å². The summed E-state index contributed by atoms with van der Waals surface area (Å²) < 4.78 is 0.